The van der Waals surface area contributed by atoms with Crippen LogP contribution in [0.4, 0.5) is 11.4 Å². The van der Waals surface area contributed by atoms with Gasteiger partial charge in [-0.15, -0.1) is 0 Å². The Kier molecular flexibility index (Phi) is 5.59. The van der Waals surface area contributed by atoms with Crippen molar-refractivity contribution < 1.29 is 22.7 Å². The Balaban J connectivity index is 1.77. The van der Waals surface area contributed by atoms with Crippen molar-refractivity contribution in [3.63, 3.8) is 0 Å². The molecule has 3 rings (SSSR count). The minimum Gasteiger partial charge on any atom is -0.482 e. The zero-order valence-electron chi connectivity index (χ0n) is 15.2. The molecule has 28 heavy (non-hydrogen) atoms. The zero-order chi connectivity index (χ0) is 20.5. The van der Waals surface area contributed by atoms with E-state index in [1.54, 1.807) is 12.1 Å². The van der Waals surface area contributed by atoms with Crippen molar-refractivity contribution >= 4 is 44.8 Å². The summed E-state index contributed by atoms with van der Waals surface area (Å²) in [6.45, 7) is 1.30. The highest BCUT2D eigenvalue weighted by molar-refractivity contribution is 7.89. The molecular weight excluding hydrogens is 406 g/mol. The molecule has 0 atom stereocenters. The molecule has 10 heteroatoms. The summed E-state index contributed by atoms with van der Waals surface area (Å²) < 4.78 is 31.8. The quantitative estimate of drug-likeness (QED) is 0.767. The Morgan fingerprint density at radius 3 is 2.64 bits per heavy atom. The van der Waals surface area contributed by atoms with Crippen molar-refractivity contribution in [1.29, 1.82) is 0 Å². The fourth-order valence-electron chi connectivity index (χ4n) is 2.57. The fourth-order valence-corrected chi connectivity index (χ4v) is 4.21. The first-order valence-corrected chi connectivity index (χ1v) is 10.1. The van der Waals surface area contributed by atoms with Gasteiger partial charge in [0.1, 0.15) is 10.6 Å². The summed E-state index contributed by atoms with van der Waals surface area (Å²) in [6.07, 6.45) is 0. The van der Waals surface area contributed by atoms with Crippen LogP contribution in [-0.4, -0.2) is 44.7 Å². The highest BCUT2D eigenvalue weighted by Crippen LogP contribution is 2.36. The van der Waals surface area contributed by atoms with Crippen LogP contribution in [0.15, 0.2) is 41.3 Å². The van der Waals surface area contributed by atoms with E-state index in [1.165, 1.54) is 19.2 Å². The van der Waals surface area contributed by atoms with Crippen LogP contribution in [0.3, 0.4) is 0 Å². The van der Waals surface area contributed by atoms with Crippen LogP contribution in [0.1, 0.15) is 5.56 Å². The lowest BCUT2D eigenvalue weighted by Gasteiger charge is -2.22. The van der Waals surface area contributed by atoms with Crippen molar-refractivity contribution in [3.05, 3.63) is 47.0 Å². The summed E-state index contributed by atoms with van der Waals surface area (Å²) in [5.74, 6) is -0.656. The number of amides is 2. The fraction of sp³-hybridized carbons (Fsp3) is 0.222. The summed E-state index contributed by atoms with van der Waals surface area (Å²) in [5.41, 5.74) is 1.90. The number of nitrogens with one attached hydrogen (secondary N) is 2. The van der Waals surface area contributed by atoms with E-state index in [4.69, 9.17) is 16.3 Å². The van der Waals surface area contributed by atoms with Crippen LogP contribution in [0.5, 0.6) is 5.75 Å². The van der Waals surface area contributed by atoms with E-state index >= 15 is 0 Å². The highest BCUT2D eigenvalue weighted by atomic mass is 35.5. The SMILES string of the molecule is Cc1ccc(NC(=O)CN(C)S(=O)(=O)c2cc3c(cc2Cl)NC(=O)CO3)cc1. The first-order valence-electron chi connectivity index (χ1n) is 8.26. The molecule has 148 valence electrons. The standard InChI is InChI=1S/C18H18ClN3O5S/c1-11-3-5-12(6-4-11)20-17(23)9-22(2)28(25,26)16-8-15-14(7-13(16)19)21-18(24)10-27-15/h3-8H,9-10H2,1-2H3,(H,20,23)(H,21,24). The Morgan fingerprint density at radius 2 is 1.96 bits per heavy atom. The van der Waals surface area contributed by atoms with Crippen molar-refractivity contribution in [2.45, 2.75) is 11.8 Å². The number of carbonyl (C=O) groups excluding carboxylic acids is 2. The molecule has 0 aromatic heterocycles. The van der Waals surface area contributed by atoms with E-state index in [1.807, 2.05) is 19.1 Å². The number of benzene rings is 2. The first-order chi connectivity index (χ1) is 13.2. The first kappa shape index (κ1) is 20.1. The molecule has 2 aromatic carbocycles. The third-order valence-electron chi connectivity index (χ3n) is 4.06. The lowest BCUT2D eigenvalue weighted by Crippen LogP contribution is -2.35. The molecule has 0 saturated carbocycles. The third kappa shape index (κ3) is 4.27. The molecule has 1 heterocycles. The maximum Gasteiger partial charge on any atom is 0.262 e. The molecule has 1 aliphatic heterocycles. The molecule has 2 amide bonds. The van der Waals surface area contributed by atoms with Crippen LogP contribution < -0.4 is 15.4 Å². The summed E-state index contributed by atoms with van der Waals surface area (Å²) in [4.78, 5) is 23.4. The number of anilines is 2. The maximum absolute atomic E-state index is 12.9. The minimum absolute atomic E-state index is 0.0876. The van der Waals surface area contributed by atoms with Gasteiger partial charge in [0.15, 0.2) is 6.61 Å². The predicted molar refractivity (Wildman–Crippen MR) is 105 cm³/mol. The van der Waals surface area contributed by atoms with E-state index in [0.29, 0.717) is 11.4 Å². The minimum atomic E-state index is -4.06. The summed E-state index contributed by atoms with van der Waals surface area (Å²) in [6, 6.07) is 9.67. The molecular formula is C18H18ClN3O5S. The van der Waals surface area contributed by atoms with Crippen LogP contribution >= 0.6 is 11.6 Å². The van der Waals surface area contributed by atoms with Gasteiger partial charge in [-0.3, -0.25) is 9.59 Å². The van der Waals surface area contributed by atoms with E-state index in [0.717, 1.165) is 9.87 Å². The normalized spacial score (nSPS) is 13.5. The van der Waals surface area contributed by atoms with Gasteiger partial charge in [0.25, 0.3) is 5.91 Å². The van der Waals surface area contributed by atoms with Crippen LogP contribution in [-0.2, 0) is 19.6 Å². The van der Waals surface area contributed by atoms with Crippen molar-refractivity contribution in [2.24, 2.45) is 0 Å². The molecule has 0 radical (unpaired) electrons. The Bertz CT molecular complexity index is 1040. The van der Waals surface area contributed by atoms with Gasteiger partial charge >= 0.3 is 0 Å². The number of aryl methyl sites for hydroxylation is 1. The number of halogens is 1. The highest BCUT2D eigenvalue weighted by Gasteiger charge is 2.28. The van der Waals surface area contributed by atoms with Gasteiger partial charge < -0.3 is 15.4 Å². The predicted octanol–water partition coefficient (Wildman–Crippen LogP) is 2.24. The largest absolute Gasteiger partial charge is 0.482 e. The number of nitrogens with zero attached hydrogens (tertiary/aromatic N) is 1. The van der Waals surface area contributed by atoms with Crippen LogP contribution in [0.2, 0.25) is 5.02 Å². The van der Waals surface area contributed by atoms with E-state index in [2.05, 4.69) is 10.6 Å². The third-order valence-corrected chi connectivity index (χ3v) is 6.32. The number of hydrogen-bond acceptors (Lipinski definition) is 5. The number of rotatable bonds is 5. The van der Waals surface area contributed by atoms with Gasteiger partial charge in [-0.25, -0.2) is 8.42 Å². The molecule has 0 bridgehead atoms. The van der Waals surface area contributed by atoms with Crippen LogP contribution in [0, 0.1) is 6.92 Å². The van der Waals surface area contributed by atoms with Gasteiger partial charge in [0.2, 0.25) is 15.9 Å². The topological polar surface area (TPSA) is 105 Å². The number of carbonyl (C=O) groups is 2. The van der Waals surface area contributed by atoms with Gasteiger partial charge in [-0.05, 0) is 25.1 Å². The van der Waals surface area contributed by atoms with Crippen molar-refractivity contribution in [1.82, 2.24) is 4.31 Å². The molecule has 0 spiro atoms. The van der Waals surface area contributed by atoms with Crippen LogP contribution in [0.25, 0.3) is 0 Å². The second-order valence-corrected chi connectivity index (χ2v) is 8.71. The van der Waals surface area contributed by atoms with E-state index < -0.39 is 22.5 Å². The Morgan fingerprint density at radius 1 is 1.29 bits per heavy atom. The summed E-state index contributed by atoms with van der Waals surface area (Å²) in [7, 11) is -2.78. The molecule has 1 aliphatic rings. The van der Waals surface area contributed by atoms with Gasteiger partial charge in [0, 0.05) is 18.8 Å². The lowest BCUT2D eigenvalue weighted by atomic mass is 10.2. The molecule has 0 saturated heterocycles. The van der Waals surface area contributed by atoms with E-state index in [9.17, 15) is 18.0 Å². The number of sulfonamides is 1. The smallest absolute Gasteiger partial charge is 0.262 e. The number of ether oxygens (including phenoxy) is 1. The number of hydrogen-bond donors (Lipinski definition) is 2. The van der Waals surface area contributed by atoms with Gasteiger partial charge in [-0.1, -0.05) is 29.3 Å². The maximum atomic E-state index is 12.9. The molecule has 2 N–H and O–H groups in total. The monoisotopic (exact) mass is 423 g/mol. The average Bonchev–Trinajstić information content (AvgIpc) is 2.62. The average molecular weight is 424 g/mol. The van der Waals surface area contributed by atoms with Gasteiger partial charge in [-0.2, -0.15) is 4.31 Å². The second kappa shape index (κ2) is 7.78. The zero-order valence-corrected chi connectivity index (χ0v) is 16.7. The molecule has 0 unspecified atom stereocenters. The number of likely N-dealkylation sites (N-methyl/N-ethyl adjacent to an activating group) is 1. The molecule has 2 aromatic rings. The molecule has 8 nitrogen and oxygen atoms in total. The summed E-state index contributed by atoms with van der Waals surface area (Å²) >= 11 is 6.11. The van der Waals surface area contributed by atoms with Gasteiger partial charge in [0.05, 0.1) is 17.3 Å². The molecule has 0 fully saturated rings. The van der Waals surface area contributed by atoms with Crippen molar-refractivity contribution in [3.8, 4) is 5.75 Å². The second-order valence-electron chi connectivity index (χ2n) is 6.29. The van der Waals surface area contributed by atoms with E-state index in [-0.39, 0.29) is 28.2 Å². The molecule has 0 aliphatic carbocycles. The Hall–Kier alpha value is -2.62. The lowest BCUT2D eigenvalue weighted by molar-refractivity contribution is -0.118. The Labute approximate surface area is 167 Å². The van der Waals surface area contributed by atoms with Crippen molar-refractivity contribution in [2.75, 3.05) is 30.8 Å². The number of fused-ring (bicyclic) bond motifs is 1. The summed E-state index contributed by atoms with van der Waals surface area (Å²) in [5, 5.41) is 5.11.